The summed E-state index contributed by atoms with van der Waals surface area (Å²) in [6.07, 6.45) is 5.70. The van der Waals surface area contributed by atoms with Crippen LogP contribution >= 0.6 is 0 Å². The molecular formula is C14H23N. The van der Waals surface area contributed by atoms with E-state index < -0.39 is 0 Å². The molecule has 0 saturated heterocycles. The lowest BCUT2D eigenvalue weighted by Crippen LogP contribution is -1.95. The molecule has 0 aliphatic carbocycles. The van der Waals surface area contributed by atoms with Gasteiger partial charge in [-0.15, -0.1) is 0 Å². The van der Waals surface area contributed by atoms with Crippen LogP contribution in [-0.4, -0.2) is 4.98 Å². The summed E-state index contributed by atoms with van der Waals surface area (Å²) in [5.74, 6) is 1.39. The Hall–Kier alpha value is -0.850. The average molecular weight is 205 g/mol. The van der Waals surface area contributed by atoms with Crippen LogP contribution in [0.5, 0.6) is 0 Å². The van der Waals surface area contributed by atoms with Crippen LogP contribution in [0.2, 0.25) is 0 Å². The van der Waals surface area contributed by atoms with Crippen molar-refractivity contribution in [2.45, 2.75) is 52.9 Å². The molecule has 0 radical (unpaired) electrons. The molecule has 1 aromatic rings. The number of hydrogen-bond acceptors (Lipinski definition) is 1. The van der Waals surface area contributed by atoms with Crippen molar-refractivity contribution in [2.24, 2.45) is 5.92 Å². The molecule has 1 nitrogen and oxygen atoms in total. The average Bonchev–Trinajstić information content (AvgIpc) is 2.18. The maximum Gasteiger partial charge on any atom is 0.0403 e. The summed E-state index contributed by atoms with van der Waals surface area (Å²) in [4.78, 5) is 4.50. The van der Waals surface area contributed by atoms with Crippen molar-refractivity contribution < 1.29 is 0 Å². The van der Waals surface area contributed by atoms with E-state index in [1.165, 1.54) is 24.1 Å². The quantitative estimate of drug-likeness (QED) is 0.702. The normalized spacial score (nSPS) is 11.3. The first kappa shape index (κ1) is 12.2. The van der Waals surface area contributed by atoms with E-state index in [-0.39, 0.29) is 0 Å². The molecule has 0 atom stereocenters. The maximum absolute atomic E-state index is 4.50. The van der Waals surface area contributed by atoms with Crippen molar-refractivity contribution in [3.8, 4) is 0 Å². The fourth-order valence-corrected chi connectivity index (χ4v) is 1.62. The molecule has 1 rings (SSSR count). The number of hydrogen-bond donors (Lipinski definition) is 0. The van der Waals surface area contributed by atoms with E-state index in [2.05, 4.69) is 44.8 Å². The molecule has 0 bridgehead atoms. The van der Waals surface area contributed by atoms with Gasteiger partial charge < -0.3 is 0 Å². The minimum Gasteiger partial charge on any atom is -0.261 e. The van der Waals surface area contributed by atoms with E-state index in [0.717, 1.165) is 12.3 Å². The third-order valence-corrected chi connectivity index (χ3v) is 2.73. The van der Waals surface area contributed by atoms with E-state index in [9.17, 15) is 0 Å². The molecule has 0 spiro atoms. The molecule has 15 heavy (non-hydrogen) atoms. The van der Waals surface area contributed by atoms with E-state index in [1.807, 2.05) is 6.20 Å². The van der Waals surface area contributed by atoms with Gasteiger partial charge in [0, 0.05) is 11.9 Å². The highest BCUT2D eigenvalue weighted by atomic mass is 14.7. The molecule has 0 saturated carbocycles. The predicted molar refractivity (Wildman–Crippen MR) is 66.1 cm³/mol. The molecule has 1 aromatic heterocycles. The summed E-state index contributed by atoms with van der Waals surface area (Å²) < 4.78 is 0. The van der Waals surface area contributed by atoms with Crippen LogP contribution in [0, 0.1) is 5.92 Å². The van der Waals surface area contributed by atoms with Gasteiger partial charge in [0.2, 0.25) is 0 Å². The summed E-state index contributed by atoms with van der Waals surface area (Å²) >= 11 is 0. The van der Waals surface area contributed by atoms with Crippen LogP contribution in [0.25, 0.3) is 0 Å². The van der Waals surface area contributed by atoms with E-state index in [1.54, 1.807) is 0 Å². The third kappa shape index (κ3) is 4.46. The second-order valence-corrected chi connectivity index (χ2v) is 5.02. The van der Waals surface area contributed by atoms with Crippen molar-refractivity contribution in [2.75, 3.05) is 0 Å². The van der Waals surface area contributed by atoms with Crippen LogP contribution < -0.4 is 0 Å². The summed E-state index contributed by atoms with van der Waals surface area (Å²) in [6, 6.07) is 4.39. The van der Waals surface area contributed by atoms with Gasteiger partial charge in [-0.3, -0.25) is 4.98 Å². The van der Waals surface area contributed by atoms with Gasteiger partial charge in [0.15, 0.2) is 0 Å². The molecule has 0 aliphatic heterocycles. The van der Waals surface area contributed by atoms with Gasteiger partial charge in [-0.05, 0) is 36.3 Å². The van der Waals surface area contributed by atoms with E-state index >= 15 is 0 Å². The Morgan fingerprint density at radius 3 is 2.33 bits per heavy atom. The van der Waals surface area contributed by atoms with Gasteiger partial charge in [-0.2, -0.15) is 0 Å². The second-order valence-electron chi connectivity index (χ2n) is 5.02. The Labute approximate surface area is 93.9 Å². The first-order chi connectivity index (χ1) is 7.09. The van der Waals surface area contributed by atoms with Crippen molar-refractivity contribution in [1.82, 2.24) is 4.98 Å². The molecule has 1 heteroatoms. The van der Waals surface area contributed by atoms with Gasteiger partial charge >= 0.3 is 0 Å². The van der Waals surface area contributed by atoms with Crippen LogP contribution in [0.15, 0.2) is 18.3 Å². The van der Waals surface area contributed by atoms with Crippen molar-refractivity contribution in [3.63, 3.8) is 0 Å². The zero-order valence-corrected chi connectivity index (χ0v) is 10.5. The fraction of sp³-hybridized carbons (Fsp3) is 0.643. The number of rotatable bonds is 5. The SMILES string of the molecule is CC(C)CCCc1ccc(C(C)C)cn1. The minimum atomic E-state index is 0.585. The topological polar surface area (TPSA) is 12.9 Å². The number of pyridine rings is 1. The van der Waals surface area contributed by atoms with Gasteiger partial charge in [-0.1, -0.05) is 40.2 Å². The zero-order chi connectivity index (χ0) is 11.3. The molecular weight excluding hydrogens is 182 g/mol. The predicted octanol–water partition coefficient (Wildman–Crippen LogP) is 4.18. The van der Waals surface area contributed by atoms with Crippen molar-refractivity contribution in [1.29, 1.82) is 0 Å². The van der Waals surface area contributed by atoms with Crippen LogP contribution in [0.3, 0.4) is 0 Å². The fourth-order valence-electron chi connectivity index (χ4n) is 1.62. The first-order valence-corrected chi connectivity index (χ1v) is 6.04. The Kier molecular flexibility index (Phi) is 4.80. The van der Waals surface area contributed by atoms with Crippen molar-refractivity contribution >= 4 is 0 Å². The Bertz CT molecular complexity index is 272. The molecule has 0 unspecified atom stereocenters. The smallest absolute Gasteiger partial charge is 0.0403 e. The highest BCUT2D eigenvalue weighted by Crippen LogP contribution is 2.14. The maximum atomic E-state index is 4.50. The second kappa shape index (κ2) is 5.89. The van der Waals surface area contributed by atoms with E-state index in [0.29, 0.717) is 5.92 Å². The number of nitrogens with zero attached hydrogens (tertiary/aromatic N) is 1. The molecule has 0 amide bonds. The lowest BCUT2D eigenvalue weighted by Gasteiger charge is -2.07. The van der Waals surface area contributed by atoms with Crippen LogP contribution in [-0.2, 0) is 6.42 Å². The summed E-state index contributed by atoms with van der Waals surface area (Å²) in [6.45, 7) is 8.95. The highest BCUT2D eigenvalue weighted by molar-refractivity contribution is 5.17. The molecule has 0 fully saturated rings. The molecule has 0 N–H and O–H groups in total. The van der Waals surface area contributed by atoms with Gasteiger partial charge in [-0.25, -0.2) is 0 Å². The summed E-state index contributed by atoms with van der Waals surface area (Å²) in [5.41, 5.74) is 2.57. The number of aryl methyl sites for hydroxylation is 1. The van der Waals surface area contributed by atoms with Gasteiger partial charge in [0.1, 0.15) is 0 Å². The first-order valence-electron chi connectivity index (χ1n) is 6.04. The highest BCUT2D eigenvalue weighted by Gasteiger charge is 2.00. The zero-order valence-electron chi connectivity index (χ0n) is 10.5. The molecule has 0 aromatic carbocycles. The lowest BCUT2D eigenvalue weighted by atomic mass is 10.0. The molecule has 84 valence electrons. The third-order valence-electron chi connectivity index (χ3n) is 2.73. The Balaban J connectivity index is 2.43. The lowest BCUT2D eigenvalue weighted by molar-refractivity contribution is 0.553. The Morgan fingerprint density at radius 1 is 1.13 bits per heavy atom. The standard InChI is InChI=1S/C14H23N/c1-11(2)6-5-7-14-9-8-13(10-15-14)12(3)4/h8-12H,5-7H2,1-4H3. The largest absolute Gasteiger partial charge is 0.261 e. The monoisotopic (exact) mass is 205 g/mol. The van der Waals surface area contributed by atoms with Crippen LogP contribution in [0.1, 0.15) is 57.7 Å². The summed E-state index contributed by atoms with van der Waals surface area (Å²) in [5, 5.41) is 0. The van der Waals surface area contributed by atoms with Crippen LogP contribution in [0.4, 0.5) is 0 Å². The van der Waals surface area contributed by atoms with Gasteiger partial charge in [0.25, 0.3) is 0 Å². The molecule has 1 heterocycles. The van der Waals surface area contributed by atoms with E-state index in [4.69, 9.17) is 0 Å². The Morgan fingerprint density at radius 2 is 1.87 bits per heavy atom. The van der Waals surface area contributed by atoms with Gasteiger partial charge in [0.05, 0.1) is 0 Å². The van der Waals surface area contributed by atoms with Crippen molar-refractivity contribution in [3.05, 3.63) is 29.6 Å². The number of aromatic nitrogens is 1. The minimum absolute atomic E-state index is 0.585. The molecule has 0 aliphatic rings. The summed E-state index contributed by atoms with van der Waals surface area (Å²) in [7, 11) is 0.